The molecule has 2 N–H and O–H groups in total. The minimum atomic E-state index is -1.04. The summed E-state index contributed by atoms with van der Waals surface area (Å²) >= 11 is 0. The zero-order valence-electron chi connectivity index (χ0n) is 9.58. The second-order valence-electron chi connectivity index (χ2n) is 4.12. The fourth-order valence-corrected chi connectivity index (χ4v) is 2.03. The van der Waals surface area contributed by atoms with Crippen LogP contribution in [0, 0.1) is 0 Å². The Hall–Kier alpha value is -2.26. The molecule has 0 aliphatic carbocycles. The molecular weight excluding hydrogens is 228 g/mol. The van der Waals surface area contributed by atoms with Crippen LogP contribution in [0.3, 0.4) is 0 Å². The predicted octanol–water partition coefficient (Wildman–Crippen LogP) is 3.04. The van der Waals surface area contributed by atoms with Crippen molar-refractivity contribution in [3.8, 4) is 5.75 Å². The van der Waals surface area contributed by atoms with Crippen molar-refractivity contribution >= 4 is 5.76 Å². The molecule has 3 nitrogen and oxygen atoms in total. The van der Waals surface area contributed by atoms with Crippen molar-refractivity contribution in [2.24, 2.45) is 0 Å². The van der Waals surface area contributed by atoms with E-state index in [1.165, 1.54) is 0 Å². The van der Waals surface area contributed by atoms with Crippen LogP contribution in [-0.4, -0.2) is 10.2 Å². The monoisotopic (exact) mass is 240 g/mol. The molecule has 0 saturated carbocycles. The Balaban J connectivity index is 2.11. The van der Waals surface area contributed by atoms with E-state index >= 15 is 0 Å². The largest absolute Gasteiger partial charge is 0.506 e. The highest BCUT2D eigenvalue weighted by Crippen LogP contribution is 2.39. The Kier molecular flexibility index (Phi) is 2.54. The summed E-state index contributed by atoms with van der Waals surface area (Å²) in [6, 6.07) is 16.4. The lowest BCUT2D eigenvalue weighted by molar-refractivity contribution is 0.142. The standard InChI is InChI=1S/C15H12O3/c16-13-11-8-4-5-9-12(11)18-15(14(13)17)10-6-2-1-3-7-10/h1-9,13,16-17H. The quantitative estimate of drug-likeness (QED) is 0.805. The molecule has 0 amide bonds. The van der Waals surface area contributed by atoms with Gasteiger partial charge in [-0.05, 0) is 6.07 Å². The summed E-state index contributed by atoms with van der Waals surface area (Å²) in [6.07, 6.45) is -1.04. The van der Waals surface area contributed by atoms with Gasteiger partial charge in [-0.15, -0.1) is 0 Å². The maximum atomic E-state index is 10.1. The van der Waals surface area contributed by atoms with Gasteiger partial charge in [-0.25, -0.2) is 0 Å². The van der Waals surface area contributed by atoms with E-state index < -0.39 is 6.10 Å². The van der Waals surface area contributed by atoms with Gasteiger partial charge < -0.3 is 14.9 Å². The summed E-state index contributed by atoms with van der Waals surface area (Å²) in [4.78, 5) is 0. The molecule has 18 heavy (non-hydrogen) atoms. The third-order valence-electron chi connectivity index (χ3n) is 2.95. The minimum absolute atomic E-state index is 0.153. The molecule has 0 saturated heterocycles. The molecule has 0 bridgehead atoms. The van der Waals surface area contributed by atoms with Gasteiger partial charge in [0.05, 0.1) is 0 Å². The van der Waals surface area contributed by atoms with Gasteiger partial charge in [0.25, 0.3) is 0 Å². The maximum Gasteiger partial charge on any atom is 0.175 e. The molecule has 2 aromatic rings. The molecule has 0 aromatic heterocycles. The number of para-hydroxylation sites is 1. The first-order valence-electron chi connectivity index (χ1n) is 5.71. The Morgan fingerprint density at radius 2 is 1.56 bits per heavy atom. The van der Waals surface area contributed by atoms with E-state index in [-0.39, 0.29) is 5.76 Å². The van der Waals surface area contributed by atoms with Gasteiger partial charge in [-0.2, -0.15) is 0 Å². The molecule has 90 valence electrons. The van der Waals surface area contributed by atoms with Gasteiger partial charge in [-0.1, -0.05) is 48.5 Å². The summed E-state index contributed by atoms with van der Waals surface area (Å²) in [6.45, 7) is 0. The number of hydrogen-bond donors (Lipinski definition) is 2. The van der Waals surface area contributed by atoms with Crippen LogP contribution in [0.15, 0.2) is 60.4 Å². The van der Waals surface area contributed by atoms with Crippen LogP contribution in [0.25, 0.3) is 5.76 Å². The third kappa shape index (κ3) is 1.65. The van der Waals surface area contributed by atoms with E-state index in [2.05, 4.69) is 0 Å². The number of ether oxygens (including phenoxy) is 1. The van der Waals surface area contributed by atoms with Crippen LogP contribution in [0.1, 0.15) is 17.2 Å². The van der Waals surface area contributed by atoms with Crippen molar-refractivity contribution < 1.29 is 14.9 Å². The van der Waals surface area contributed by atoms with E-state index in [9.17, 15) is 10.2 Å². The molecule has 3 heteroatoms. The van der Waals surface area contributed by atoms with Gasteiger partial charge in [0, 0.05) is 11.1 Å². The predicted molar refractivity (Wildman–Crippen MR) is 68.0 cm³/mol. The number of hydrogen-bond acceptors (Lipinski definition) is 3. The molecule has 1 aliphatic heterocycles. The highest BCUT2D eigenvalue weighted by Gasteiger charge is 2.28. The number of benzene rings is 2. The average molecular weight is 240 g/mol. The molecule has 3 rings (SSSR count). The van der Waals surface area contributed by atoms with Gasteiger partial charge in [-0.3, -0.25) is 0 Å². The first-order valence-corrected chi connectivity index (χ1v) is 5.71. The van der Waals surface area contributed by atoms with Crippen molar-refractivity contribution in [1.82, 2.24) is 0 Å². The van der Waals surface area contributed by atoms with Crippen molar-refractivity contribution in [3.63, 3.8) is 0 Å². The van der Waals surface area contributed by atoms with E-state index in [1.807, 2.05) is 36.4 Å². The molecular formula is C15H12O3. The lowest BCUT2D eigenvalue weighted by Crippen LogP contribution is -2.14. The van der Waals surface area contributed by atoms with Crippen molar-refractivity contribution in [2.75, 3.05) is 0 Å². The summed E-state index contributed by atoms with van der Waals surface area (Å²) in [5.74, 6) is 0.725. The lowest BCUT2D eigenvalue weighted by atomic mass is 10.0. The SMILES string of the molecule is OC1=C(c2ccccc2)Oc2ccccc2C1O. The molecule has 1 atom stereocenters. The number of aliphatic hydroxyl groups excluding tert-OH is 2. The van der Waals surface area contributed by atoms with Gasteiger partial charge >= 0.3 is 0 Å². The molecule has 2 aromatic carbocycles. The molecule has 0 fully saturated rings. The van der Waals surface area contributed by atoms with Gasteiger partial charge in [0.1, 0.15) is 11.9 Å². The summed E-state index contributed by atoms with van der Waals surface area (Å²) < 4.78 is 5.67. The average Bonchev–Trinajstić information content (AvgIpc) is 2.44. The second kappa shape index (κ2) is 4.20. The first-order chi connectivity index (χ1) is 8.77. The van der Waals surface area contributed by atoms with E-state index in [1.54, 1.807) is 18.2 Å². The number of rotatable bonds is 1. The van der Waals surface area contributed by atoms with E-state index in [0.29, 0.717) is 17.1 Å². The Morgan fingerprint density at radius 3 is 2.33 bits per heavy atom. The zero-order chi connectivity index (χ0) is 12.5. The normalized spacial score (nSPS) is 18.2. The zero-order valence-corrected chi connectivity index (χ0v) is 9.58. The molecule has 1 aliphatic rings. The Bertz CT molecular complexity index is 602. The van der Waals surface area contributed by atoms with Crippen molar-refractivity contribution in [1.29, 1.82) is 0 Å². The lowest BCUT2D eigenvalue weighted by Gasteiger charge is -2.24. The summed E-state index contributed by atoms with van der Waals surface area (Å²) in [5, 5.41) is 20.1. The summed E-state index contributed by atoms with van der Waals surface area (Å²) in [7, 11) is 0. The summed E-state index contributed by atoms with van der Waals surface area (Å²) in [5.41, 5.74) is 1.32. The first kappa shape index (κ1) is 10.9. The minimum Gasteiger partial charge on any atom is -0.506 e. The fraction of sp³-hybridized carbons (Fsp3) is 0.0667. The second-order valence-corrected chi connectivity index (χ2v) is 4.12. The molecule has 1 unspecified atom stereocenters. The van der Waals surface area contributed by atoms with Crippen LogP contribution in [-0.2, 0) is 0 Å². The smallest absolute Gasteiger partial charge is 0.175 e. The fourth-order valence-electron chi connectivity index (χ4n) is 2.03. The third-order valence-corrected chi connectivity index (χ3v) is 2.95. The van der Waals surface area contributed by atoms with Crippen LogP contribution < -0.4 is 4.74 Å². The van der Waals surface area contributed by atoms with Gasteiger partial charge in [0.15, 0.2) is 11.5 Å². The van der Waals surface area contributed by atoms with E-state index in [0.717, 1.165) is 5.56 Å². The van der Waals surface area contributed by atoms with Crippen LogP contribution in [0.2, 0.25) is 0 Å². The highest BCUT2D eigenvalue weighted by atomic mass is 16.5. The number of aliphatic hydroxyl groups is 2. The number of fused-ring (bicyclic) bond motifs is 1. The Labute approximate surface area is 105 Å². The molecule has 0 radical (unpaired) electrons. The molecule has 1 heterocycles. The maximum absolute atomic E-state index is 10.1. The molecule has 0 spiro atoms. The van der Waals surface area contributed by atoms with Crippen LogP contribution >= 0.6 is 0 Å². The van der Waals surface area contributed by atoms with Crippen molar-refractivity contribution in [2.45, 2.75) is 6.10 Å². The van der Waals surface area contributed by atoms with Crippen LogP contribution in [0.4, 0.5) is 0 Å². The van der Waals surface area contributed by atoms with Gasteiger partial charge in [0.2, 0.25) is 0 Å². The topological polar surface area (TPSA) is 49.7 Å². The van der Waals surface area contributed by atoms with E-state index in [4.69, 9.17) is 4.74 Å². The van der Waals surface area contributed by atoms with Crippen LogP contribution in [0.5, 0.6) is 5.75 Å². The highest BCUT2D eigenvalue weighted by molar-refractivity contribution is 5.68. The van der Waals surface area contributed by atoms with Crippen molar-refractivity contribution in [3.05, 3.63) is 71.5 Å². The Morgan fingerprint density at radius 1 is 0.889 bits per heavy atom.